The first-order chi connectivity index (χ1) is 12.1. The van der Waals surface area contributed by atoms with Crippen LogP contribution in [0, 0.1) is 0 Å². The fraction of sp³-hybridized carbons (Fsp3) is 0.222. The van der Waals surface area contributed by atoms with Gasteiger partial charge in [-0.1, -0.05) is 18.2 Å². The van der Waals surface area contributed by atoms with Crippen molar-refractivity contribution in [1.82, 2.24) is 20.0 Å². The number of urea groups is 1. The Bertz CT molecular complexity index is 796. The van der Waals surface area contributed by atoms with Crippen molar-refractivity contribution in [2.45, 2.75) is 6.04 Å². The van der Waals surface area contributed by atoms with Gasteiger partial charge in [0.05, 0.1) is 36.1 Å². The van der Waals surface area contributed by atoms with Crippen LogP contribution in [0.1, 0.15) is 11.8 Å². The summed E-state index contributed by atoms with van der Waals surface area (Å²) in [5.74, 6) is 0.808. The van der Waals surface area contributed by atoms with Gasteiger partial charge >= 0.3 is 6.03 Å². The zero-order chi connectivity index (χ0) is 17.6. The average Bonchev–Trinajstić information content (AvgIpc) is 3.28. The van der Waals surface area contributed by atoms with Crippen LogP contribution < -0.4 is 10.6 Å². The van der Waals surface area contributed by atoms with Crippen LogP contribution in [-0.2, 0) is 0 Å². The molecule has 130 valence electrons. The first kappa shape index (κ1) is 16.8. The van der Waals surface area contributed by atoms with E-state index >= 15 is 0 Å². The predicted molar refractivity (Wildman–Crippen MR) is 95.7 cm³/mol. The van der Waals surface area contributed by atoms with Crippen LogP contribution in [0.2, 0.25) is 0 Å². The van der Waals surface area contributed by atoms with E-state index in [9.17, 15) is 4.79 Å². The van der Waals surface area contributed by atoms with E-state index in [1.807, 2.05) is 61.5 Å². The van der Waals surface area contributed by atoms with Gasteiger partial charge in [0.1, 0.15) is 5.76 Å². The highest BCUT2D eigenvalue weighted by Crippen LogP contribution is 2.17. The van der Waals surface area contributed by atoms with Gasteiger partial charge in [-0.15, -0.1) is 0 Å². The van der Waals surface area contributed by atoms with Gasteiger partial charge in [-0.3, -0.25) is 4.90 Å². The Morgan fingerprint density at radius 3 is 2.72 bits per heavy atom. The van der Waals surface area contributed by atoms with Gasteiger partial charge < -0.3 is 15.1 Å². The Labute approximate surface area is 146 Å². The van der Waals surface area contributed by atoms with E-state index < -0.39 is 0 Å². The van der Waals surface area contributed by atoms with Crippen molar-refractivity contribution in [2.24, 2.45) is 0 Å². The number of furan rings is 1. The minimum Gasteiger partial charge on any atom is -0.468 e. The van der Waals surface area contributed by atoms with Crippen molar-refractivity contribution in [3.8, 4) is 5.69 Å². The number of benzene rings is 1. The van der Waals surface area contributed by atoms with E-state index in [0.717, 1.165) is 11.4 Å². The molecule has 0 aliphatic heterocycles. The fourth-order valence-electron chi connectivity index (χ4n) is 2.49. The van der Waals surface area contributed by atoms with Gasteiger partial charge in [0.2, 0.25) is 0 Å². The lowest BCUT2D eigenvalue weighted by Gasteiger charge is -2.22. The molecule has 25 heavy (non-hydrogen) atoms. The Morgan fingerprint density at radius 2 is 2.04 bits per heavy atom. The van der Waals surface area contributed by atoms with Crippen LogP contribution in [0.3, 0.4) is 0 Å². The number of anilines is 1. The van der Waals surface area contributed by atoms with Gasteiger partial charge in [0.15, 0.2) is 0 Å². The molecule has 0 spiro atoms. The highest BCUT2D eigenvalue weighted by atomic mass is 16.3. The van der Waals surface area contributed by atoms with Gasteiger partial charge in [0, 0.05) is 6.54 Å². The number of hydrogen-bond acceptors (Lipinski definition) is 4. The Balaban J connectivity index is 1.57. The lowest BCUT2D eigenvalue weighted by atomic mass is 10.2. The summed E-state index contributed by atoms with van der Waals surface area (Å²) in [5, 5.41) is 9.90. The summed E-state index contributed by atoms with van der Waals surface area (Å²) in [6.45, 7) is 0.430. The van der Waals surface area contributed by atoms with E-state index in [1.54, 1.807) is 23.3 Å². The van der Waals surface area contributed by atoms with E-state index in [-0.39, 0.29) is 12.1 Å². The normalized spacial score (nSPS) is 12.1. The molecule has 0 aliphatic carbocycles. The molecule has 0 saturated heterocycles. The van der Waals surface area contributed by atoms with Crippen molar-refractivity contribution >= 4 is 11.7 Å². The van der Waals surface area contributed by atoms with Crippen molar-refractivity contribution in [3.63, 3.8) is 0 Å². The highest BCUT2D eigenvalue weighted by molar-refractivity contribution is 5.88. The zero-order valence-corrected chi connectivity index (χ0v) is 14.2. The summed E-state index contributed by atoms with van der Waals surface area (Å²) in [5.41, 5.74) is 1.56. The second-order valence-electron chi connectivity index (χ2n) is 5.84. The topological polar surface area (TPSA) is 75.3 Å². The molecule has 3 rings (SSSR count). The molecule has 2 aromatic heterocycles. The Morgan fingerprint density at radius 1 is 1.24 bits per heavy atom. The van der Waals surface area contributed by atoms with E-state index in [1.165, 1.54) is 0 Å². The first-order valence-corrected chi connectivity index (χ1v) is 7.98. The summed E-state index contributed by atoms with van der Waals surface area (Å²) >= 11 is 0. The fourth-order valence-corrected chi connectivity index (χ4v) is 2.49. The number of aromatic nitrogens is 2. The lowest BCUT2D eigenvalue weighted by Crippen LogP contribution is -2.36. The molecule has 7 heteroatoms. The molecule has 7 nitrogen and oxygen atoms in total. The van der Waals surface area contributed by atoms with E-state index in [2.05, 4.69) is 15.7 Å². The van der Waals surface area contributed by atoms with Gasteiger partial charge in [-0.05, 0) is 38.4 Å². The van der Waals surface area contributed by atoms with Gasteiger partial charge in [0.25, 0.3) is 0 Å². The van der Waals surface area contributed by atoms with Crippen LogP contribution in [0.4, 0.5) is 10.5 Å². The van der Waals surface area contributed by atoms with Crippen LogP contribution in [0.15, 0.2) is 65.5 Å². The smallest absolute Gasteiger partial charge is 0.319 e. The van der Waals surface area contributed by atoms with Crippen molar-refractivity contribution in [1.29, 1.82) is 0 Å². The number of para-hydroxylation sites is 1. The SMILES string of the molecule is CN(C)[C@@H](CNC(=O)Nc1cnn(-c2ccccc2)c1)c1ccco1. The molecule has 1 atom stereocenters. The quantitative estimate of drug-likeness (QED) is 0.724. The molecule has 0 unspecified atom stereocenters. The maximum absolute atomic E-state index is 12.1. The molecular formula is C18H21N5O2. The number of carbonyl (C=O) groups is 1. The second kappa shape index (κ2) is 7.67. The summed E-state index contributed by atoms with van der Waals surface area (Å²) in [6, 6.07) is 13.1. The summed E-state index contributed by atoms with van der Waals surface area (Å²) in [6.07, 6.45) is 5.01. The molecular weight excluding hydrogens is 318 g/mol. The molecule has 1 aromatic carbocycles. The molecule has 0 saturated carbocycles. The minimum atomic E-state index is -0.286. The molecule has 0 radical (unpaired) electrons. The van der Waals surface area contributed by atoms with E-state index in [4.69, 9.17) is 4.42 Å². The van der Waals surface area contributed by atoms with Crippen LogP contribution in [-0.4, -0.2) is 41.4 Å². The largest absolute Gasteiger partial charge is 0.468 e. The Hall–Kier alpha value is -3.06. The highest BCUT2D eigenvalue weighted by Gasteiger charge is 2.18. The number of rotatable bonds is 6. The number of hydrogen-bond donors (Lipinski definition) is 2. The third-order valence-electron chi connectivity index (χ3n) is 3.81. The zero-order valence-electron chi connectivity index (χ0n) is 14.2. The molecule has 2 N–H and O–H groups in total. The van der Waals surface area contributed by atoms with Crippen LogP contribution in [0.5, 0.6) is 0 Å². The summed E-state index contributed by atoms with van der Waals surface area (Å²) in [4.78, 5) is 14.1. The van der Waals surface area contributed by atoms with Crippen molar-refractivity contribution in [2.75, 3.05) is 26.0 Å². The predicted octanol–water partition coefficient (Wildman–Crippen LogP) is 2.89. The number of nitrogens with zero attached hydrogens (tertiary/aromatic N) is 3. The van der Waals surface area contributed by atoms with Gasteiger partial charge in [-0.25, -0.2) is 9.48 Å². The second-order valence-corrected chi connectivity index (χ2v) is 5.84. The van der Waals surface area contributed by atoms with Crippen molar-refractivity contribution in [3.05, 3.63) is 66.9 Å². The molecule has 0 bridgehead atoms. The number of likely N-dealkylation sites (N-methyl/N-ethyl adjacent to an activating group) is 1. The third kappa shape index (κ3) is 4.27. The third-order valence-corrected chi connectivity index (χ3v) is 3.81. The maximum atomic E-state index is 12.1. The molecule has 0 aliphatic rings. The van der Waals surface area contributed by atoms with Crippen LogP contribution in [0.25, 0.3) is 5.69 Å². The van der Waals surface area contributed by atoms with Crippen molar-refractivity contribution < 1.29 is 9.21 Å². The number of carbonyl (C=O) groups excluding carboxylic acids is 1. The standard InChI is InChI=1S/C18H21N5O2/c1-22(2)16(17-9-6-10-25-17)12-19-18(24)21-14-11-20-23(13-14)15-7-4-3-5-8-15/h3-11,13,16H,12H2,1-2H3,(H2,19,21,24)/t16-/m0/s1. The minimum absolute atomic E-state index is 0.0345. The molecule has 2 amide bonds. The monoisotopic (exact) mass is 339 g/mol. The van der Waals surface area contributed by atoms with Gasteiger partial charge in [-0.2, -0.15) is 5.10 Å². The number of amides is 2. The lowest BCUT2D eigenvalue weighted by molar-refractivity contribution is 0.233. The maximum Gasteiger partial charge on any atom is 0.319 e. The summed E-state index contributed by atoms with van der Waals surface area (Å²) < 4.78 is 7.14. The summed E-state index contributed by atoms with van der Waals surface area (Å²) in [7, 11) is 3.88. The average molecular weight is 339 g/mol. The molecule has 2 heterocycles. The Kier molecular flexibility index (Phi) is 5.15. The molecule has 3 aromatic rings. The first-order valence-electron chi connectivity index (χ1n) is 7.98. The van der Waals surface area contributed by atoms with Crippen LogP contribution >= 0.6 is 0 Å². The van der Waals surface area contributed by atoms with E-state index in [0.29, 0.717) is 12.2 Å². The molecule has 0 fully saturated rings. The number of nitrogens with one attached hydrogen (secondary N) is 2.